The number of carbonyl (C=O) groups is 1. The molecule has 3 heterocycles. The van der Waals surface area contributed by atoms with Gasteiger partial charge in [0.15, 0.2) is 0 Å². The SMILES string of the molecule is C[C@@H]1CN(Cc2ccccn2)CCN1C(=O)c1ccc([N+](=O)[O-])c2cccnc12. The number of hydrogen-bond donors (Lipinski definition) is 0. The molecular weight excluding hydrogens is 370 g/mol. The topological polar surface area (TPSA) is 92.5 Å². The Labute approximate surface area is 167 Å². The van der Waals surface area contributed by atoms with Crippen LogP contribution in [-0.4, -0.2) is 56.3 Å². The number of pyridine rings is 2. The zero-order chi connectivity index (χ0) is 20.4. The lowest BCUT2D eigenvalue weighted by Gasteiger charge is -2.39. The van der Waals surface area contributed by atoms with Crippen molar-refractivity contribution < 1.29 is 9.72 Å². The molecule has 3 aromatic rings. The van der Waals surface area contributed by atoms with Crippen molar-refractivity contribution >= 4 is 22.5 Å². The molecule has 1 aromatic carbocycles. The molecule has 0 unspecified atom stereocenters. The Bertz CT molecular complexity index is 1060. The second kappa shape index (κ2) is 7.92. The molecular formula is C21H21N5O3. The highest BCUT2D eigenvalue weighted by Gasteiger charge is 2.30. The fourth-order valence-corrected chi connectivity index (χ4v) is 3.84. The molecule has 0 radical (unpaired) electrons. The third-order valence-electron chi connectivity index (χ3n) is 5.26. The van der Waals surface area contributed by atoms with Crippen LogP contribution in [0.5, 0.6) is 0 Å². The third-order valence-corrected chi connectivity index (χ3v) is 5.26. The quantitative estimate of drug-likeness (QED) is 0.502. The predicted octanol–water partition coefficient (Wildman–Crippen LogP) is 2.88. The van der Waals surface area contributed by atoms with Crippen molar-refractivity contribution in [3.8, 4) is 0 Å². The standard InChI is InChI=1S/C21H21N5O3/c1-15-13-24(14-16-5-2-3-9-22-16)11-12-25(15)21(27)18-7-8-19(26(28)29)17-6-4-10-23-20(17)18/h2-10,15H,11-14H2,1H3/t15-/m1/s1. The molecule has 1 saturated heterocycles. The summed E-state index contributed by atoms with van der Waals surface area (Å²) < 4.78 is 0. The number of carbonyl (C=O) groups excluding carboxylic acids is 1. The number of piperazine rings is 1. The highest BCUT2D eigenvalue weighted by molar-refractivity contribution is 6.07. The fourth-order valence-electron chi connectivity index (χ4n) is 3.84. The van der Waals surface area contributed by atoms with Gasteiger partial charge in [0.2, 0.25) is 0 Å². The largest absolute Gasteiger partial charge is 0.333 e. The first kappa shape index (κ1) is 18.9. The molecule has 0 bridgehead atoms. The molecule has 148 valence electrons. The number of fused-ring (bicyclic) bond motifs is 1. The number of benzene rings is 1. The monoisotopic (exact) mass is 391 g/mol. The van der Waals surface area contributed by atoms with Crippen LogP contribution in [0.25, 0.3) is 10.9 Å². The number of hydrogen-bond acceptors (Lipinski definition) is 6. The Kier molecular flexibility index (Phi) is 5.18. The summed E-state index contributed by atoms with van der Waals surface area (Å²) in [5, 5.41) is 11.7. The number of non-ortho nitro benzene ring substituents is 1. The molecule has 1 aliphatic rings. The van der Waals surface area contributed by atoms with Crippen LogP contribution in [0.4, 0.5) is 5.69 Å². The highest BCUT2D eigenvalue weighted by Crippen LogP contribution is 2.28. The maximum Gasteiger partial charge on any atom is 0.278 e. The van der Waals surface area contributed by atoms with Gasteiger partial charge in [0, 0.05) is 50.7 Å². The smallest absolute Gasteiger partial charge is 0.278 e. The number of nitrogens with zero attached hydrogens (tertiary/aromatic N) is 5. The van der Waals surface area contributed by atoms with Crippen LogP contribution in [0.15, 0.2) is 54.9 Å². The van der Waals surface area contributed by atoms with Crippen LogP contribution in [0.3, 0.4) is 0 Å². The van der Waals surface area contributed by atoms with Crippen molar-refractivity contribution in [1.82, 2.24) is 19.8 Å². The van der Waals surface area contributed by atoms with E-state index in [0.29, 0.717) is 23.0 Å². The average Bonchev–Trinajstić information content (AvgIpc) is 2.73. The lowest BCUT2D eigenvalue weighted by atomic mass is 10.0. The minimum Gasteiger partial charge on any atom is -0.333 e. The summed E-state index contributed by atoms with van der Waals surface area (Å²) in [7, 11) is 0. The number of aromatic nitrogens is 2. The normalized spacial score (nSPS) is 17.4. The molecule has 2 aromatic heterocycles. The summed E-state index contributed by atoms with van der Waals surface area (Å²) >= 11 is 0. The zero-order valence-corrected chi connectivity index (χ0v) is 16.1. The molecule has 29 heavy (non-hydrogen) atoms. The van der Waals surface area contributed by atoms with E-state index in [4.69, 9.17) is 0 Å². The lowest BCUT2D eigenvalue weighted by molar-refractivity contribution is -0.383. The molecule has 1 atom stereocenters. The Hall–Kier alpha value is -3.39. The summed E-state index contributed by atoms with van der Waals surface area (Å²) in [6, 6.07) is 12.0. The molecule has 1 amide bonds. The van der Waals surface area contributed by atoms with Gasteiger partial charge in [0.1, 0.15) is 0 Å². The second-order valence-electron chi connectivity index (χ2n) is 7.19. The van der Waals surface area contributed by atoms with Crippen molar-refractivity contribution in [2.45, 2.75) is 19.5 Å². The summed E-state index contributed by atoms with van der Waals surface area (Å²) in [6.45, 7) is 4.82. The van der Waals surface area contributed by atoms with E-state index in [1.165, 1.54) is 12.1 Å². The maximum atomic E-state index is 13.3. The van der Waals surface area contributed by atoms with Gasteiger partial charge in [-0.3, -0.25) is 29.8 Å². The van der Waals surface area contributed by atoms with Crippen LogP contribution in [0, 0.1) is 10.1 Å². The van der Waals surface area contributed by atoms with E-state index in [1.807, 2.05) is 30.0 Å². The van der Waals surface area contributed by atoms with Gasteiger partial charge in [-0.25, -0.2) is 0 Å². The summed E-state index contributed by atoms with van der Waals surface area (Å²) in [4.78, 5) is 36.9. The fraction of sp³-hybridized carbons (Fsp3) is 0.286. The van der Waals surface area contributed by atoms with Crippen LogP contribution in [0.1, 0.15) is 23.0 Å². The number of nitro groups is 1. The Morgan fingerprint density at radius 2 is 1.97 bits per heavy atom. The zero-order valence-electron chi connectivity index (χ0n) is 16.1. The third kappa shape index (κ3) is 3.79. The summed E-state index contributed by atoms with van der Waals surface area (Å²) in [6.07, 6.45) is 3.34. The van der Waals surface area contributed by atoms with E-state index in [9.17, 15) is 14.9 Å². The molecule has 1 fully saturated rings. The molecule has 0 aliphatic carbocycles. The van der Waals surface area contributed by atoms with Gasteiger partial charge in [-0.15, -0.1) is 0 Å². The number of nitro benzene ring substituents is 1. The van der Waals surface area contributed by atoms with Gasteiger partial charge in [-0.05, 0) is 37.3 Å². The van der Waals surface area contributed by atoms with Crippen molar-refractivity contribution in [2.75, 3.05) is 19.6 Å². The van der Waals surface area contributed by atoms with Gasteiger partial charge in [-0.1, -0.05) is 6.07 Å². The predicted molar refractivity (Wildman–Crippen MR) is 108 cm³/mol. The van der Waals surface area contributed by atoms with Crippen LogP contribution < -0.4 is 0 Å². The number of rotatable bonds is 4. The van der Waals surface area contributed by atoms with E-state index in [0.717, 1.165) is 25.3 Å². The Morgan fingerprint density at radius 1 is 1.14 bits per heavy atom. The molecule has 1 aliphatic heterocycles. The van der Waals surface area contributed by atoms with E-state index >= 15 is 0 Å². The maximum absolute atomic E-state index is 13.3. The van der Waals surface area contributed by atoms with Gasteiger partial charge in [-0.2, -0.15) is 0 Å². The molecule has 0 saturated carbocycles. The van der Waals surface area contributed by atoms with E-state index in [1.54, 1.807) is 24.5 Å². The first-order valence-corrected chi connectivity index (χ1v) is 9.50. The van der Waals surface area contributed by atoms with E-state index < -0.39 is 4.92 Å². The summed E-state index contributed by atoms with van der Waals surface area (Å²) in [5.41, 5.74) is 1.73. The van der Waals surface area contributed by atoms with Gasteiger partial charge >= 0.3 is 0 Å². The van der Waals surface area contributed by atoms with E-state index in [2.05, 4.69) is 14.9 Å². The molecule has 8 heteroatoms. The Balaban J connectivity index is 1.55. The van der Waals surface area contributed by atoms with Crippen LogP contribution in [0.2, 0.25) is 0 Å². The van der Waals surface area contributed by atoms with Gasteiger partial charge < -0.3 is 4.90 Å². The minimum absolute atomic E-state index is 0.00826. The lowest BCUT2D eigenvalue weighted by Crippen LogP contribution is -2.53. The average molecular weight is 391 g/mol. The molecule has 4 rings (SSSR count). The minimum atomic E-state index is -0.447. The van der Waals surface area contributed by atoms with Crippen molar-refractivity contribution in [2.24, 2.45) is 0 Å². The first-order chi connectivity index (χ1) is 14.0. The first-order valence-electron chi connectivity index (χ1n) is 9.50. The molecule has 0 spiro atoms. The Morgan fingerprint density at radius 3 is 2.69 bits per heavy atom. The highest BCUT2D eigenvalue weighted by atomic mass is 16.6. The molecule has 8 nitrogen and oxygen atoms in total. The second-order valence-corrected chi connectivity index (χ2v) is 7.19. The summed E-state index contributed by atoms with van der Waals surface area (Å²) in [5.74, 6) is -0.145. The van der Waals surface area contributed by atoms with Crippen LogP contribution >= 0.6 is 0 Å². The van der Waals surface area contributed by atoms with E-state index in [-0.39, 0.29) is 17.6 Å². The van der Waals surface area contributed by atoms with Crippen LogP contribution in [-0.2, 0) is 6.54 Å². The number of amides is 1. The van der Waals surface area contributed by atoms with Crippen molar-refractivity contribution in [3.05, 3.63) is 76.2 Å². The molecule has 0 N–H and O–H groups in total. The van der Waals surface area contributed by atoms with Gasteiger partial charge in [0.05, 0.1) is 27.1 Å². The van der Waals surface area contributed by atoms with Crippen molar-refractivity contribution in [3.63, 3.8) is 0 Å². The van der Waals surface area contributed by atoms with Crippen molar-refractivity contribution in [1.29, 1.82) is 0 Å². The van der Waals surface area contributed by atoms with Gasteiger partial charge in [0.25, 0.3) is 11.6 Å².